The molecule has 4 rings (SSSR count). The van der Waals surface area contributed by atoms with Gasteiger partial charge in [0.05, 0.1) is 11.4 Å². The van der Waals surface area contributed by atoms with Crippen molar-refractivity contribution in [1.82, 2.24) is 15.6 Å². The maximum absolute atomic E-state index is 13.8. The van der Waals surface area contributed by atoms with Crippen molar-refractivity contribution in [3.8, 4) is 0 Å². The number of hydrogen-bond donors (Lipinski definition) is 2. The molecular formula is C27H30N4O3S. The van der Waals surface area contributed by atoms with Gasteiger partial charge in [0.2, 0.25) is 11.8 Å². The van der Waals surface area contributed by atoms with Crippen LogP contribution in [0, 0.1) is 13.8 Å². The number of hydrogen-bond acceptors (Lipinski definition) is 5. The molecule has 1 atom stereocenters. The molecule has 2 N–H and O–H groups in total. The topological polar surface area (TPSA) is 91.4 Å². The standard InChI is InChI=1S/C27H30N4O3S/c1-18-7-5-10-22(19(18)2)31(24(32)17-29-26(33)23-11-6-16-35-23)25(20-12-14-28-15-13-20)27(34)30-21-8-3-4-9-21/h5-7,10-16,21,25H,3-4,8-9,17H2,1-2H3,(H,29,33)(H,30,34). The molecule has 0 saturated heterocycles. The molecule has 182 valence electrons. The fourth-order valence-corrected chi connectivity index (χ4v) is 5.10. The summed E-state index contributed by atoms with van der Waals surface area (Å²) < 4.78 is 0. The first kappa shape index (κ1) is 24.6. The van der Waals surface area contributed by atoms with E-state index < -0.39 is 6.04 Å². The van der Waals surface area contributed by atoms with E-state index in [-0.39, 0.29) is 30.3 Å². The Morgan fingerprint density at radius 3 is 2.49 bits per heavy atom. The smallest absolute Gasteiger partial charge is 0.261 e. The second kappa shape index (κ2) is 11.3. The van der Waals surface area contributed by atoms with Crippen molar-refractivity contribution in [2.24, 2.45) is 0 Å². The van der Waals surface area contributed by atoms with Crippen molar-refractivity contribution in [1.29, 1.82) is 0 Å². The number of amides is 3. The molecule has 1 aliphatic carbocycles. The number of carbonyl (C=O) groups is 3. The zero-order valence-electron chi connectivity index (χ0n) is 20.0. The van der Waals surface area contributed by atoms with Gasteiger partial charge in [0.15, 0.2) is 0 Å². The number of aryl methyl sites for hydroxylation is 1. The zero-order valence-corrected chi connectivity index (χ0v) is 20.8. The molecule has 0 radical (unpaired) electrons. The monoisotopic (exact) mass is 490 g/mol. The van der Waals surface area contributed by atoms with Crippen LogP contribution in [-0.2, 0) is 9.59 Å². The number of pyridine rings is 1. The lowest BCUT2D eigenvalue weighted by Gasteiger charge is -2.33. The summed E-state index contributed by atoms with van der Waals surface area (Å²) in [6.07, 6.45) is 7.27. The highest BCUT2D eigenvalue weighted by Gasteiger charge is 2.35. The molecule has 3 aromatic rings. The van der Waals surface area contributed by atoms with Gasteiger partial charge in [0.1, 0.15) is 6.04 Å². The van der Waals surface area contributed by atoms with E-state index in [1.807, 2.05) is 37.4 Å². The molecule has 2 heterocycles. The summed E-state index contributed by atoms with van der Waals surface area (Å²) in [7, 11) is 0. The van der Waals surface area contributed by atoms with E-state index in [9.17, 15) is 14.4 Å². The van der Waals surface area contributed by atoms with Crippen LogP contribution in [0.15, 0.2) is 60.2 Å². The van der Waals surface area contributed by atoms with E-state index in [0.717, 1.165) is 36.8 Å². The molecule has 1 aromatic carbocycles. The molecule has 1 unspecified atom stereocenters. The average molecular weight is 491 g/mol. The van der Waals surface area contributed by atoms with Gasteiger partial charge in [-0.15, -0.1) is 11.3 Å². The number of rotatable bonds is 8. The first-order chi connectivity index (χ1) is 17.0. The quantitative estimate of drug-likeness (QED) is 0.492. The molecule has 0 bridgehead atoms. The third-order valence-electron chi connectivity index (χ3n) is 6.48. The SMILES string of the molecule is Cc1cccc(N(C(=O)CNC(=O)c2cccs2)C(C(=O)NC2CCCC2)c2ccncc2)c1C. The number of benzene rings is 1. The van der Waals surface area contributed by atoms with E-state index >= 15 is 0 Å². The number of carbonyl (C=O) groups excluding carboxylic acids is 3. The molecule has 3 amide bonds. The average Bonchev–Trinajstić information content (AvgIpc) is 3.58. The summed E-state index contributed by atoms with van der Waals surface area (Å²) in [6.45, 7) is 3.68. The number of thiophene rings is 1. The largest absolute Gasteiger partial charge is 0.351 e. The predicted octanol–water partition coefficient (Wildman–Crippen LogP) is 4.32. The zero-order chi connectivity index (χ0) is 24.8. The summed E-state index contributed by atoms with van der Waals surface area (Å²) in [5.41, 5.74) is 3.21. The normalized spacial score (nSPS) is 14.3. The maximum atomic E-state index is 13.8. The highest BCUT2D eigenvalue weighted by Crippen LogP contribution is 2.32. The number of nitrogens with one attached hydrogen (secondary N) is 2. The molecule has 1 fully saturated rings. The van der Waals surface area contributed by atoms with Crippen LogP contribution in [0.2, 0.25) is 0 Å². The Morgan fingerprint density at radius 2 is 1.80 bits per heavy atom. The van der Waals surface area contributed by atoms with Crippen LogP contribution in [0.3, 0.4) is 0 Å². The van der Waals surface area contributed by atoms with Gasteiger partial charge in [-0.3, -0.25) is 24.3 Å². The second-order valence-corrected chi connectivity index (χ2v) is 9.76. The lowest BCUT2D eigenvalue weighted by Crippen LogP contribution is -2.49. The Kier molecular flexibility index (Phi) is 7.92. The highest BCUT2D eigenvalue weighted by atomic mass is 32.1. The molecular weight excluding hydrogens is 460 g/mol. The van der Waals surface area contributed by atoms with Crippen molar-refractivity contribution in [3.05, 3.63) is 81.8 Å². The van der Waals surface area contributed by atoms with E-state index in [4.69, 9.17) is 0 Å². The third-order valence-corrected chi connectivity index (χ3v) is 7.35. The van der Waals surface area contributed by atoms with Crippen molar-refractivity contribution in [3.63, 3.8) is 0 Å². The van der Waals surface area contributed by atoms with Crippen LogP contribution in [0.25, 0.3) is 0 Å². The molecule has 35 heavy (non-hydrogen) atoms. The van der Waals surface area contributed by atoms with E-state index in [1.165, 1.54) is 16.2 Å². The molecule has 0 spiro atoms. The Bertz CT molecular complexity index is 1170. The van der Waals surface area contributed by atoms with Gasteiger partial charge >= 0.3 is 0 Å². The maximum Gasteiger partial charge on any atom is 0.261 e. The van der Waals surface area contributed by atoms with Crippen LogP contribution >= 0.6 is 11.3 Å². The number of nitrogens with zero attached hydrogens (tertiary/aromatic N) is 2. The van der Waals surface area contributed by atoms with Crippen molar-refractivity contribution in [2.45, 2.75) is 51.6 Å². The third kappa shape index (κ3) is 5.77. The fraction of sp³-hybridized carbons (Fsp3) is 0.333. The fourth-order valence-electron chi connectivity index (χ4n) is 4.46. The summed E-state index contributed by atoms with van der Waals surface area (Å²) in [4.78, 5) is 46.2. The van der Waals surface area contributed by atoms with Gasteiger partial charge < -0.3 is 10.6 Å². The van der Waals surface area contributed by atoms with Crippen LogP contribution < -0.4 is 15.5 Å². The predicted molar refractivity (Wildman–Crippen MR) is 137 cm³/mol. The van der Waals surface area contributed by atoms with Crippen molar-refractivity contribution in [2.75, 3.05) is 11.4 Å². The minimum Gasteiger partial charge on any atom is -0.351 e. The van der Waals surface area contributed by atoms with E-state index in [1.54, 1.807) is 36.7 Å². The Balaban J connectivity index is 1.70. The molecule has 0 aliphatic heterocycles. The van der Waals surface area contributed by atoms with Crippen LogP contribution in [0.4, 0.5) is 5.69 Å². The number of aromatic nitrogens is 1. The Hall–Kier alpha value is -3.52. The van der Waals surface area contributed by atoms with Gasteiger partial charge in [-0.25, -0.2) is 0 Å². The molecule has 8 heteroatoms. The molecule has 2 aromatic heterocycles. The lowest BCUT2D eigenvalue weighted by molar-refractivity contribution is -0.126. The number of anilines is 1. The van der Waals surface area contributed by atoms with Crippen molar-refractivity contribution < 1.29 is 14.4 Å². The van der Waals surface area contributed by atoms with Gasteiger partial charge in [-0.1, -0.05) is 31.0 Å². The summed E-state index contributed by atoms with van der Waals surface area (Å²) in [5, 5.41) is 7.70. The van der Waals surface area contributed by atoms with Crippen LogP contribution in [0.5, 0.6) is 0 Å². The second-order valence-electron chi connectivity index (χ2n) is 8.82. The van der Waals surface area contributed by atoms with Crippen LogP contribution in [0.1, 0.15) is 58.1 Å². The van der Waals surface area contributed by atoms with Gasteiger partial charge in [-0.2, -0.15) is 0 Å². The van der Waals surface area contributed by atoms with Gasteiger partial charge in [0, 0.05) is 24.1 Å². The summed E-state index contributed by atoms with van der Waals surface area (Å²) in [5.74, 6) is -0.918. The van der Waals surface area contributed by atoms with E-state index in [2.05, 4.69) is 15.6 Å². The highest BCUT2D eigenvalue weighted by molar-refractivity contribution is 7.12. The molecule has 1 saturated carbocycles. The molecule has 1 aliphatic rings. The Morgan fingerprint density at radius 1 is 1.06 bits per heavy atom. The molecule has 7 nitrogen and oxygen atoms in total. The lowest BCUT2D eigenvalue weighted by atomic mass is 10.0. The first-order valence-corrected chi connectivity index (χ1v) is 12.7. The minimum atomic E-state index is -0.898. The van der Waals surface area contributed by atoms with E-state index in [0.29, 0.717) is 16.1 Å². The minimum absolute atomic E-state index is 0.0981. The van der Waals surface area contributed by atoms with Gasteiger partial charge in [0.25, 0.3) is 5.91 Å². The summed E-state index contributed by atoms with van der Waals surface area (Å²) >= 11 is 1.31. The first-order valence-electron chi connectivity index (χ1n) is 11.9. The summed E-state index contributed by atoms with van der Waals surface area (Å²) in [6, 6.07) is 11.9. The van der Waals surface area contributed by atoms with Crippen molar-refractivity contribution >= 4 is 34.7 Å². The van der Waals surface area contributed by atoms with Gasteiger partial charge in [-0.05, 0) is 73.0 Å². The Labute approximate surface area is 209 Å². The van der Waals surface area contributed by atoms with Crippen LogP contribution in [-0.4, -0.2) is 35.3 Å².